The number of rotatable bonds is 6. The molecule has 4 heteroatoms. The summed E-state index contributed by atoms with van der Waals surface area (Å²) < 4.78 is 5.77. The molecule has 0 aromatic heterocycles. The molecule has 1 unspecified atom stereocenters. The van der Waals surface area contributed by atoms with E-state index in [9.17, 15) is 4.79 Å². The van der Waals surface area contributed by atoms with Crippen LogP contribution in [0.15, 0.2) is 72.8 Å². The topological polar surface area (TPSA) is 26.3 Å². The number of hydrogen-bond donors (Lipinski definition) is 0. The van der Waals surface area contributed by atoms with Gasteiger partial charge in [-0.25, -0.2) is 0 Å². The molecular formula is C21H18ClO2P. The Balaban J connectivity index is 1.68. The van der Waals surface area contributed by atoms with Crippen molar-refractivity contribution in [2.45, 2.75) is 13.5 Å². The molecule has 2 nitrogen and oxygen atoms in total. The van der Waals surface area contributed by atoms with Crippen LogP contribution in [0.1, 0.15) is 21.5 Å². The zero-order valence-corrected chi connectivity index (χ0v) is 15.6. The maximum Gasteiger partial charge on any atom is 0.185 e. The summed E-state index contributed by atoms with van der Waals surface area (Å²) in [6.07, 6.45) is 0. The summed E-state index contributed by atoms with van der Waals surface area (Å²) in [5, 5.41) is 1.40. The molecule has 0 aliphatic heterocycles. The molecule has 0 saturated heterocycles. The van der Waals surface area contributed by atoms with Crippen LogP contribution >= 0.6 is 20.2 Å². The van der Waals surface area contributed by atoms with Crippen molar-refractivity contribution in [2.75, 3.05) is 0 Å². The molecule has 25 heavy (non-hydrogen) atoms. The Labute approximate surface area is 154 Å². The summed E-state index contributed by atoms with van der Waals surface area (Å²) >= 11 is 6.36. The third kappa shape index (κ3) is 4.69. The van der Waals surface area contributed by atoms with E-state index in [0.29, 0.717) is 17.4 Å². The quantitative estimate of drug-likeness (QED) is 0.546. The van der Waals surface area contributed by atoms with Crippen molar-refractivity contribution in [1.29, 1.82) is 0 Å². The van der Waals surface area contributed by atoms with E-state index in [0.717, 1.165) is 22.0 Å². The van der Waals surface area contributed by atoms with Gasteiger partial charge in [0.1, 0.15) is 12.4 Å². The molecule has 0 aliphatic carbocycles. The molecule has 0 saturated carbocycles. The van der Waals surface area contributed by atoms with Gasteiger partial charge in [0.25, 0.3) is 0 Å². The second kappa shape index (κ2) is 8.29. The highest BCUT2D eigenvalue weighted by Crippen LogP contribution is 2.27. The normalized spacial score (nSPS) is 11.0. The van der Waals surface area contributed by atoms with Gasteiger partial charge in [-0.3, -0.25) is 4.79 Å². The van der Waals surface area contributed by atoms with Gasteiger partial charge in [-0.2, -0.15) is 0 Å². The lowest BCUT2D eigenvalue weighted by atomic mass is 10.1. The highest BCUT2D eigenvalue weighted by atomic mass is 35.5. The number of carbonyl (C=O) groups is 1. The highest BCUT2D eigenvalue weighted by Gasteiger charge is 2.12. The Morgan fingerprint density at radius 1 is 1.00 bits per heavy atom. The largest absolute Gasteiger partial charge is 0.489 e. The van der Waals surface area contributed by atoms with Gasteiger partial charge in [-0.05, 0) is 50.1 Å². The van der Waals surface area contributed by atoms with Crippen LogP contribution in [-0.2, 0) is 6.61 Å². The summed E-state index contributed by atoms with van der Waals surface area (Å²) in [4.78, 5) is 12.5. The number of hydrogen-bond acceptors (Lipinski definition) is 2. The van der Waals surface area contributed by atoms with Gasteiger partial charge >= 0.3 is 0 Å². The Morgan fingerprint density at radius 2 is 1.72 bits per heavy atom. The number of halogens is 1. The molecule has 3 rings (SSSR count). The summed E-state index contributed by atoms with van der Waals surface area (Å²) in [5.74, 6) is 0.700. The molecule has 0 aliphatic rings. The SMILES string of the molecule is Cc1ccccc1C(=O)Pc1ccc(OCc2ccccc2)cc1Cl. The minimum atomic E-state index is -0.00420. The maximum absolute atomic E-state index is 12.5. The molecule has 3 aromatic rings. The van der Waals surface area contributed by atoms with Crippen molar-refractivity contribution in [1.82, 2.24) is 0 Å². The van der Waals surface area contributed by atoms with Crippen molar-refractivity contribution in [2.24, 2.45) is 0 Å². The monoisotopic (exact) mass is 368 g/mol. The van der Waals surface area contributed by atoms with Crippen molar-refractivity contribution in [3.8, 4) is 5.75 Å². The van der Waals surface area contributed by atoms with E-state index in [2.05, 4.69) is 0 Å². The van der Waals surface area contributed by atoms with Crippen LogP contribution in [0.3, 0.4) is 0 Å². The van der Waals surface area contributed by atoms with Crippen LogP contribution in [0.4, 0.5) is 0 Å². The van der Waals surface area contributed by atoms with Crippen LogP contribution in [0.25, 0.3) is 0 Å². The zero-order chi connectivity index (χ0) is 17.6. The van der Waals surface area contributed by atoms with E-state index in [4.69, 9.17) is 16.3 Å². The van der Waals surface area contributed by atoms with E-state index in [-0.39, 0.29) is 14.1 Å². The fourth-order valence-corrected chi connectivity index (χ4v) is 3.78. The first-order valence-corrected chi connectivity index (χ1v) is 9.34. The molecule has 0 N–H and O–H groups in total. The third-order valence-corrected chi connectivity index (χ3v) is 5.50. The van der Waals surface area contributed by atoms with E-state index in [1.54, 1.807) is 6.07 Å². The summed E-state index contributed by atoms with van der Waals surface area (Å²) in [5.41, 5.74) is 2.93. The van der Waals surface area contributed by atoms with Crippen LogP contribution in [0.5, 0.6) is 5.75 Å². The Morgan fingerprint density at radius 3 is 2.44 bits per heavy atom. The minimum Gasteiger partial charge on any atom is -0.489 e. The van der Waals surface area contributed by atoms with Crippen molar-refractivity contribution in [3.63, 3.8) is 0 Å². The van der Waals surface area contributed by atoms with Crippen LogP contribution in [0.2, 0.25) is 5.02 Å². The second-order valence-corrected chi connectivity index (χ2v) is 7.33. The number of ether oxygens (including phenoxy) is 1. The van der Waals surface area contributed by atoms with Gasteiger partial charge < -0.3 is 4.74 Å². The molecule has 0 bridgehead atoms. The minimum absolute atomic E-state index is 0.00420. The fourth-order valence-electron chi connectivity index (χ4n) is 2.45. The van der Waals surface area contributed by atoms with E-state index >= 15 is 0 Å². The Bertz CT molecular complexity index is 878. The first-order valence-electron chi connectivity index (χ1n) is 7.97. The molecule has 126 valence electrons. The zero-order valence-electron chi connectivity index (χ0n) is 13.8. The Kier molecular flexibility index (Phi) is 5.86. The van der Waals surface area contributed by atoms with Gasteiger partial charge in [0.2, 0.25) is 0 Å². The summed E-state index contributed by atoms with van der Waals surface area (Å²) in [6, 6.07) is 23.1. The molecule has 0 heterocycles. The molecule has 0 amide bonds. The van der Waals surface area contributed by atoms with Crippen molar-refractivity contribution >= 4 is 31.0 Å². The van der Waals surface area contributed by atoms with Gasteiger partial charge in [0.15, 0.2) is 5.52 Å². The van der Waals surface area contributed by atoms with Crippen LogP contribution < -0.4 is 10.0 Å². The predicted octanol–water partition coefficient (Wildman–Crippen LogP) is 5.37. The smallest absolute Gasteiger partial charge is 0.185 e. The molecule has 0 fully saturated rings. The van der Waals surface area contributed by atoms with Gasteiger partial charge in [-0.1, -0.05) is 66.2 Å². The van der Waals surface area contributed by atoms with Crippen molar-refractivity contribution < 1.29 is 9.53 Å². The highest BCUT2D eigenvalue weighted by molar-refractivity contribution is 7.66. The van der Waals surface area contributed by atoms with Crippen molar-refractivity contribution in [3.05, 3.63) is 94.5 Å². The summed E-state index contributed by atoms with van der Waals surface area (Å²) in [6.45, 7) is 2.43. The van der Waals surface area contributed by atoms with Crippen LogP contribution in [0, 0.1) is 6.92 Å². The van der Waals surface area contributed by atoms with E-state index < -0.39 is 0 Å². The number of aryl methyl sites for hydroxylation is 1. The van der Waals surface area contributed by atoms with Gasteiger partial charge in [0, 0.05) is 5.56 Å². The molecule has 0 spiro atoms. The second-order valence-electron chi connectivity index (χ2n) is 5.68. The number of carbonyl (C=O) groups excluding carboxylic acids is 1. The Hall–Kier alpha value is -2.15. The molecule has 3 aromatic carbocycles. The summed E-state index contributed by atoms with van der Waals surface area (Å²) in [7, 11) is -0.00420. The third-order valence-electron chi connectivity index (χ3n) is 3.83. The average Bonchev–Trinajstić information content (AvgIpc) is 2.63. The average molecular weight is 369 g/mol. The molecule has 1 atom stereocenters. The molecular weight excluding hydrogens is 351 g/mol. The van der Waals surface area contributed by atoms with E-state index in [1.165, 1.54) is 0 Å². The standard InChI is InChI=1S/C21H18ClO2P/c1-15-7-5-6-10-18(15)21(23)25-20-12-11-17(13-19(20)22)24-14-16-8-3-2-4-9-16/h2-13,25H,14H2,1H3. The van der Waals surface area contributed by atoms with Gasteiger partial charge in [-0.15, -0.1) is 0 Å². The maximum atomic E-state index is 12.5. The predicted molar refractivity (Wildman–Crippen MR) is 106 cm³/mol. The van der Waals surface area contributed by atoms with Gasteiger partial charge in [0.05, 0.1) is 5.02 Å². The lowest BCUT2D eigenvalue weighted by Gasteiger charge is -2.10. The van der Waals surface area contributed by atoms with Crippen LogP contribution in [-0.4, -0.2) is 5.52 Å². The fraction of sp³-hybridized carbons (Fsp3) is 0.0952. The molecule has 0 radical (unpaired) electrons. The first kappa shape index (κ1) is 17.7. The lowest BCUT2D eigenvalue weighted by Crippen LogP contribution is -2.04. The number of benzene rings is 3. The lowest BCUT2D eigenvalue weighted by molar-refractivity contribution is 0.108. The first-order chi connectivity index (χ1) is 12.1. The van der Waals surface area contributed by atoms with E-state index in [1.807, 2.05) is 73.7 Å².